The van der Waals surface area contributed by atoms with Gasteiger partial charge in [-0.2, -0.15) is 0 Å². The lowest BCUT2D eigenvalue weighted by Gasteiger charge is -2.22. The van der Waals surface area contributed by atoms with E-state index < -0.39 is 20.2 Å². The summed E-state index contributed by atoms with van der Waals surface area (Å²) in [6.45, 7) is 3.64. The second kappa shape index (κ2) is 11.7. The lowest BCUT2D eigenvalue weighted by molar-refractivity contribution is -0.537. The minimum absolute atomic E-state index is 0.178. The van der Waals surface area contributed by atoms with Crippen LogP contribution in [0.2, 0.25) is 0 Å². The van der Waals surface area contributed by atoms with Gasteiger partial charge in [-0.25, -0.2) is 16.8 Å². The number of rotatable bonds is 2. The van der Waals surface area contributed by atoms with Crippen molar-refractivity contribution in [3.8, 4) is 0 Å². The summed E-state index contributed by atoms with van der Waals surface area (Å²) in [4.78, 5) is -0.355. The van der Waals surface area contributed by atoms with E-state index in [-0.39, 0.29) is 9.79 Å². The molecule has 0 heterocycles. The molecule has 1 aliphatic rings. The zero-order chi connectivity index (χ0) is 25.5. The highest BCUT2D eigenvalue weighted by atomic mass is 32.2. The molecule has 0 aliphatic heterocycles. The van der Waals surface area contributed by atoms with E-state index >= 15 is 0 Å². The Balaban J connectivity index is 0.000000181. The SMILES string of the molecule is Cc1ccc(S(=O)(=O)[O-])cc1.Cc1ccc(S(=O)(=O)[O-])cc1.[NH3+]C1CCc2ccccc2C1[NH3+]. The molecule has 10 heteroatoms. The maximum absolute atomic E-state index is 10.4. The van der Waals surface area contributed by atoms with Crippen molar-refractivity contribution in [2.75, 3.05) is 0 Å². The molecule has 0 fully saturated rings. The molecule has 0 spiro atoms. The van der Waals surface area contributed by atoms with Crippen LogP contribution in [-0.2, 0) is 26.7 Å². The van der Waals surface area contributed by atoms with Gasteiger partial charge in [-0.05, 0) is 50.1 Å². The molecule has 0 amide bonds. The highest BCUT2D eigenvalue weighted by molar-refractivity contribution is 7.86. The third-order valence-corrected chi connectivity index (χ3v) is 7.13. The van der Waals surface area contributed by atoms with Crippen LogP contribution in [0.1, 0.15) is 34.7 Å². The first kappa shape index (κ1) is 27.6. The Bertz CT molecular complexity index is 1220. The Morgan fingerprint density at radius 3 is 1.53 bits per heavy atom. The average Bonchev–Trinajstić information content (AvgIpc) is 2.77. The van der Waals surface area contributed by atoms with E-state index in [2.05, 4.69) is 35.7 Å². The van der Waals surface area contributed by atoms with Crippen LogP contribution < -0.4 is 11.5 Å². The van der Waals surface area contributed by atoms with Crippen LogP contribution in [-0.4, -0.2) is 32.0 Å². The molecule has 0 aromatic heterocycles. The van der Waals surface area contributed by atoms with E-state index in [1.54, 1.807) is 24.3 Å². The van der Waals surface area contributed by atoms with Crippen molar-refractivity contribution in [2.24, 2.45) is 0 Å². The van der Waals surface area contributed by atoms with Crippen molar-refractivity contribution in [3.63, 3.8) is 0 Å². The summed E-state index contributed by atoms with van der Waals surface area (Å²) >= 11 is 0. The van der Waals surface area contributed by atoms with Gasteiger partial charge < -0.3 is 20.6 Å². The van der Waals surface area contributed by atoms with Gasteiger partial charge in [-0.1, -0.05) is 59.7 Å². The molecular formula is C24H30N2O6S2. The molecule has 2 atom stereocenters. The van der Waals surface area contributed by atoms with Gasteiger partial charge in [0, 0.05) is 12.0 Å². The summed E-state index contributed by atoms with van der Waals surface area (Å²) in [6, 6.07) is 21.1. The average molecular weight is 507 g/mol. The van der Waals surface area contributed by atoms with Crippen LogP contribution in [0.3, 0.4) is 0 Å². The van der Waals surface area contributed by atoms with E-state index in [4.69, 9.17) is 0 Å². The van der Waals surface area contributed by atoms with Gasteiger partial charge in [0.1, 0.15) is 26.3 Å². The third-order valence-electron chi connectivity index (χ3n) is 5.43. The normalized spacial score (nSPS) is 17.4. The monoisotopic (exact) mass is 506 g/mol. The Hall–Kier alpha value is -2.60. The molecular weight excluding hydrogens is 476 g/mol. The van der Waals surface area contributed by atoms with Crippen molar-refractivity contribution in [1.82, 2.24) is 0 Å². The van der Waals surface area contributed by atoms with Crippen LogP contribution in [0.25, 0.3) is 0 Å². The van der Waals surface area contributed by atoms with Gasteiger partial charge in [0.25, 0.3) is 0 Å². The maximum atomic E-state index is 10.4. The van der Waals surface area contributed by atoms with E-state index in [1.165, 1.54) is 48.2 Å². The van der Waals surface area contributed by atoms with E-state index in [1.807, 2.05) is 13.8 Å². The van der Waals surface area contributed by atoms with Crippen LogP contribution in [0.5, 0.6) is 0 Å². The van der Waals surface area contributed by atoms with Gasteiger partial charge in [0.05, 0.1) is 9.79 Å². The van der Waals surface area contributed by atoms with Crippen molar-refractivity contribution in [1.29, 1.82) is 0 Å². The fourth-order valence-corrected chi connectivity index (χ4v) is 4.27. The van der Waals surface area contributed by atoms with Gasteiger partial charge in [-0.15, -0.1) is 0 Å². The van der Waals surface area contributed by atoms with Gasteiger partial charge in [-0.3, -0.25) is 0 Å². The number of benzene rings is 3. The zero-order valence-electron chi connectivity index (χ0n) is 19.2. The topological polar surface area (TPSA) is 170 Å². The Labute approximate surface area is 201 Å². The van der Waals surface area contributed by atoms with Gasteiger partial charge in [0.15, 0.2) is 6.04 Å². The summed E-state index contributed by atoms with van der Waals surface area (Å²) in [7, 11) is -8.54. The standard InChI is InChI=1S/C10H14N2.2C7H8O3S/c11-9-6-5-7-3-1-2-4-8(7)10(9)12;2*1-6-2-4-7(5-3-6)11(8,9)10/h1-4,9-10H,5-6,11-12H2;2*2-5H,1H3,(H,8,9,10). The maximum Gasteiger partial charge on any atom is 0.163 e. The van der Waals surface area contributed by atoms with Crippen molar-refractivity contribution < 1.29 is 37.4 Å². The number of hydrogen-bond donors (Lipinski definition) is 2. The largest absolute Gasteiger partial charge is 0.744 e. The molecule has 34 heavy (non-hydrogen) atoms. The predicted octanol–water partition coefficient (Wildman–Crippen LogP) is 1.32. The minimum atomic E-state index is -4.27. The smallest absolute Gasteiger partial charge is 0.163 e. The lowest BCUT2D eigenvalue weighted by atomic mass is 9.85. The number of aryl methyl sites for hydroxylation is 3. The molecule has 184 valence electrons. The fourth-order valence-electron chi connectivity index (χ4n) is 3.33. The first-order valence-electron chi connectivity index (χ1n) is 10.6. The van der Waals surface area contributed by atoms with Gasteiger partial charge >= 0.3 is 0 Å². The highest BCUT2D eigenvalue weighted by Crippen LogP contribution is 2.24. The van der Waals surface area contributed by atoms with E-state index in [0.29, 0.717) is 12.1 Å². The van der Waals surface area contributed by atoms with Crippen molar-refractivity contribution in [2.45, 2.75) is 48.6 Å². The first-order valence-corrected chi connectivity index (χ1v) is 13.4. The predicted molar refractivity (Wildman–Crippen MR) is 125 cm³/mol. The van der Waals surface area contributed by atoms with Crippen LogP contribution in [0.15, 0.2) is 82.6 Å². The molecule has 3 aromatic rings. The molecule has 8 nitrogen and oxygen atoms in total. The summed E-state index contributed by atoms with van der Waals surface area (Å²) in [6.07, 6.45) is 2.36. The molecule has 0 radical (unpaired) electrons. The van der Waals surface area contributed by atoms with E-state index in [0.717, 1.165) is 11.1 Å². The molecule has 6 N–H and O–H groups in total. The van der Waals surface area contributed by atoms with Gasteiger partial charge in [0.2, 0.25) is 0 Å². The van der Waals surface area contributed by atoms with Crippen LogP contribution in [0.4, 0.5) is 0 Å². The molecule has 0 saturated heterocycles. The summed E-state index contributed by atoms with van der Waals surface area (Å²) in [5, 5.41) is 0. The zero-order valence-corrected chi connectivity index (χ0v) is 20.8. The Morgan fingerprint density at radius 2 is 1.12 bits per heavy atom. The number of hydrogen-bond acceptors (Lipinski definition) is 6. The van der Waals surface area contributed by atoms with Crippen LogP contribution >= 0.6 is 0 Å². The highest BCUT2D eigenvalue weighted by Gasteiger charge is 2.28. The summed E-state index contributed by atoms with van der Waals surface area (Å²) in [5.41, 5.74) is 13.0. The molecule has 2 unspecified atom stereocenters. The molecule has 3 aromatic carbocycles. The van der Waals surface area contributed by atoms with Crippen molar-refractivity contribution >= 4 is 20.2 Å². The summed E-state index contributed by atoms with van der Waals surface area (Å²) < 4.78 is 62.3. The second-order valence-corrected chi connectivity index (χ2v) is 10.9. The molecule has 0 saturated carbocycles. The van der Waals surface area contributed by atoms with Crippen LogP contribution in [0, 0.1) is 13.8 Å². The third kappa shape index (κ3) is 8.32. The fraction of sp³-hybridized carbons (Fsp3) is 0.250. The molecule has 0 bridgehead atoms. The summed E-state index contributed by atoms with van der Waals surface area (Å²) in [5.74, 6) is 0. The number of fused-ring (bicyclic) bond motifs is 1. The van der Waals surface area contributed by atoms with E-state index in [9.17, 15) is 25.9 Å². The Morgan fingerprint density at radius 1 is 0.706 bits per heavy atom. The lowest BCUT2D eigenvalue weighted by Crippen LogP contribution is -2.75. The van der Waals surface area contributed by atoms with Crippen molar-refractivity contribution in [3.05, 3.63) is 95.1 Å². The first-order chi connectivity index (χ1) is 15.8. The molecule has 1 aliphatic carbocycles. The Kier molecular flexibility index (Phi) is 9.51. The second-order valence-electron chi connectivity index (χ2n) is 8.14. The number of quaternary nitrogens is 2. The minimum Gasteiger partial charge on any atom is -0.744 e. The molecule has 4 rings (SSSR count). The quantitative estimate of drug-likeness (QED) is 0.497.